The second-order valence-corrected chi connectivity index (χ2v) is 8.03. The van der Waals surface area contributed by atoms with Crippen LogP contribution in [0.25, 0.3) is 22.3 Å². The Hall–Kier alpha value is -3.30. The summed E-state index contributed by atoms with van der Waals surface area (Å²) >= 11 is 0. The molecule has 0 bridgehead atoms. The number of hydrogen-bond acceptors (Lipinski definition) is 3. The van der Waals surface area contributed by atoms with Crippen LogP contribution in [0.5, 0.6) is 0 Å². The molecule has 0 saturated carbocycles. The molecule has 0 amide bonds. The third kappa shape index (κ3) is 3.85. The minimum Gasteiger partial charge on any atom is -0.478 e. The highest BCUT2D eigenvalue weighted by Gasteiger charge is 2.17. The van der Waals surface area contributed by atoms with Gasteiger partial charge in [-0.3, -0.25) is 4.57 Å². The van der Waals surface area contributed by atoms with Crippen molar-refractivity contribution in [3.8, 4) is 22.3 Å². The van der Waals surface area contributed by atoms with Gasteiger partial charge >= 0.3 is 11.9 Å². The first kappa shape index (κ1) is 19.5. The van der Waals surface area contributed by atoms with E-state index in [1.807, 2.05) is 25.1 Å². The molecule has 141 valence electrons. The molecule has 1 unspecified atom stereocenters. The summed E-state index contributed by atoms with van der Waals surface area (Å²) in [6.45, 7) is 1.85. The molecule has 0 aliphatic rings. The topological polar surface area (TPSA) is 91.7 Å². The van der Waals surface area contributed by atoms with Crippen molar-refractivity contribution in [3.05, 3.63) is 77.9 Å². The van der Waals surface area contributed by atoms with E-state index < -0.39 is 19.7 Å². The van der Waals surface area contributed by atoms with Gasteiger partial charge in [0.05, 0.1) is 11.1 Å². The quantitative estimate of drug-likeness (QED) is 0.582. The van der Waals surface area contributed by atoms with Crippen molar-refractivity contribution in [1.82, 2.24) is 0 Å². The SMILES string of the molecule is CC[P](=O)c1cccc(-c2ccc(C(=O)O)cc2)c1-c1ccc(C(=O)O)cc1. The fraction of sp³-hybridized carbons (Fsp3) is 0.0909. The van der Waals surface area contributed by atoms with Crippen molar-refractivity contribution in [2.24, 2.45) is 0 Å². The molecular weight excluding hydrogens is 375 g/mol. The maximum Gasteiger partial charge on any atom is 0.335 e. The lowest BCUT2D eigenvalue weighted by Crippen LogP contribution is -2.05. The molecule has 0 aliphatic heterocycles. The fourth-order valence-electron chi connectivity index (χ4n) is 3.03. The number of rotatable bonds is 6. The highest BCUT2D eigenvalue weighted by atomic mass is 31.1. The Morgan fingerprint density at radius 2 is 1.29 bits per heavy atom. The van der Waals surface area contributed by atoms with Gasteiger partial charge in [0.1, 0.15) is 7.80 Å². The van der Waals surface area contributed by atoms with Crippen LogP contribution in [0.1, 0.15) is 27.6 Å². The van der Waals surface area contributed by atoms with Gasteiger partial charge in [-0.15, -0.1) is 0 Å². The summed E-state index contributed by atoms with van der Waals surface area (Å²) < 4.78 is 12.7. The Labute approximate surface area is 163 Å². The van der Waals surface area contributed by atoms with Gasteiger partial charge in [-0.25, -0.2) is 9.59 Å². The Morgan fingerprint density at radius 1 is 0.786 bits per heavy atom. The lowest BCUT2D eigenvalue weighted by Gasteiger charge is -2.15. The summed E-state index contributed by atoms with van der Waals surface area (Å²) in [7, 11) is -1.62. The smallest absolute Gasteiger partial charge is 0.335 e. The van der Waals surface area contributed by atoms with Crippen LogP contribution >= 0.6 is 7.80 Å². The third-order valence-electron chi connectivity index (χ3n) is 4.46. The summed E-state index contributed by atoms with van der Waals surface area (Å²) in [4.78, 5) is 22.3. The zero-order valence-electron chi connectivity index (χ0n) is 15.1. The number of benzene rings is 3. The largest absolute Gasteiger partial charge is 0.478 e. The van der Waals surface area contributed by atoms with Crippen molar-refractivity contribution in [1.29, 1.82) is 0 Å². The predicted molar refractivity (Wildman–Crippen MR) is 109 cm³/mol. The highest BCUT2D eigenvalue weighted by Crippen LogP contribution is 2.36. The Balaban J connectivity index is 2.21. The fourth-order valence-corrected chi connectivity index (χ4v) is 4.13. The number of carbonyl (C=O) groups is 2. The van der Waals surface area contributed by atoms with Gasteiger partial charge in [0, 0.05) is 17.0 Å². The van der Waals surface area contributed by atoms with Crippen LogP contribution in [0.3, 0.4) is 0 Å². The first-order chi connectivity index (χ1) is 13.4. The highest BCUT2D eigenvalue weighted by molar-refractivity contribution is 7.53. The molecule has 6 heteroatoms. The molecule has 0 spiro atoms. The van der Waals surface area contributed by atoms with E-state index in [0.29, 0.717) is 11.5 Å². The molecule has 1 atom stereocenters. The van der Waals surface area contributed by atoms with E-state index in [9.17, 15) is 14.2 Å². The molecule has 1 radical (unpaired) electrons. The maximum atomic E-state index is 12.7. The zero-order valence-corrected chi connectivity index (χ0v) is 16.0. The van der Waals surface area contributed by atoms with E-state index in [-0.39, 0.29) is 11.1 Å². The monoisotopic (exact) mass is 393 g/mol. The van der Waals surface area contributed by atoms with Crippen LogP contribution in [0.4, 0.5) is 0 Å². The lowest BCUT2D eigenvalue weighted by atomic mass is 9.93. The number of hydrogen-bond donors (Lipinski definition) is 2. The summed E-state index contributed by atoms with van der Waals surface area (Å²) in [6.07, 6.45) is 0.483. The molecule has 3 aromatic rings. The van der Waals surface area contributed by atoms with Crippen molar-refractivity contribution in [3.63, 3.8) is 0 Å². The van der Waals surface area contributed by atoms with Crippen LogP contribution in [0.15, 0.2) is 66.7 Å². The third-order valence-corrected chi connectivity index (χ3v) is 5.95. The second-order valence-electron chi connectivity index (χ2n) is 6.16. The van der Waals surface area contributed by atoms with Gasteiger partial charge in [0.25, 0.3) is 0 Å². The average molecular weight is 393 g/mol. The Kier molecular flexibility index (Phi) is 5.67. The number of aromatic carboxylic acids is 2. The second kappa shape index (κ2) is 8.15. The Bertz CT molecular complexity index is 1050. The van der Waals surface area contributed by atoms with Crippen LogP contribution in [-0.4, -0.2) is 28.3 Å². The van der Waals surface area contributed by atoms with Crippen molar-refractivity contribution >= 4 is 25.0 Å². The Morgan fingerprint density at radius 3 is 1.75 bits per heavy atom. The summed E-state index contributed by atoms with van der Waals surface area (Å²) in [5.41, 5.74) is 3.50. The summed E-state index contributed by atoms with van der Waals surface area (Å²) in [6, 6.07) is 18.5. The summed E-state index contributed by atoms with van der Waals surface area (Å²) in [5, 5.41) is 18.9. The molecule has 5 nitrogen and oxygen atoms in total. The number of carboxylic acids is 2. The zero-order chi connectivity index (χ0) is 20.3. The van der Waals surface area contributed by atoms with Crippen molar-refractivity contribution in [2.75, 3.05) is 6.16 Å². The number of carboxylic acid groups (broad SMARTS) is 2. The molecule has 28 heavy (non-hydrogen) atoms. The van der Waals surface area contributed by atoms with Gasteiger partial charge in [-0.1, -0.05) is 43.3 Å². The molecule has 2 N–H and O–H groups in total. The molecular formula is C22H18O5P. The van der Waals surface area contributed by atoms with Crippen LogP contribution in [0, 0.1) is 0 Å². The van der Waals surface area contributed by atoms with Gasteiger partial charge < -0.3 is 10.2 Å². The molecule has 0 aromatic heterocycles. The minimum absolute atomic E-state index is 0.175. The van der Waals surface area contributed by atoms with E-state index in [1.54, 1.807) is 24.3 Å². The lowest BCUT2D eigenvalue weighted by molar-refractivity contribution is 0.0686. The molecule has 0 fully saturated rings. The van der Waals surface area contributed by atoms with E-state index in [1.165, 1.54) is 24.3 Å². The van der Waals surface area contributed by atoms with Gasteiger partial charge in [0.2, 0.25) is 0 Å². The van der Waals surface area contributed by atoms with Gasteiger partial charge in [-0.2, -0.15) is 0 Å². The molecule has 0 heterocycles. The average Bonchev–Trinajstić information content (AvgIpc) is 2.72. The standard InChI is InChI=1S/C22H18O5P/c1-2-28(27)19-5-3-4-18(14-6-10-16(11-7-14)21(23)24)20(19)15-8-12-17(13-9-15)22(25)26/h3-13H,2H2,1H3,(H,23,24)(H,25,26). The van der Waals surface area contributed by atoms with Crippen molar-refractivity contribution < 1.29 is 24.4 Å². The van der Waals surface area contributed by atoms with Crippen molar-refractivity contribution in [2.45, 2.75) is 6.92 Å². The van der Waals surface area contributed by atoms with Crippen LogP contribution in [-0.2, 0) is 4.57 Å². The first-order valence-electron chi connectivity index (χ1n) is 8.67. The van der Waals surface area contributed by atoms with E-state index in [0.717, 1.165) is 22.3 Å². The molecule has 3 aromatic carbocycles. The van der Waals surface area contributed by atoms with Gasteiger partial charge in [-0.05, 0) is 47.0 Å². The maximum absolute atomic E-state index is 12.7. The molecule has 0 aliphatic carbocycles. The first-order valence-corrected chi connectivity index (χ1v) is 10.1. The van der Waals surface area contributed by atoms with Gasteiger partial charge in [0.15, 0.2) is 0 Å². The normalized spacial score (nSPS) is 11.1. The molecule has 0 saturated heterocycles. The minimum atomic E-state index is -1.62. The summed E-state index contributed by atoms with van der Waals surface area (Å²) in [5.74, 6) is -2.01. The van der Waals surface area contributed by atoms with E-state index >= 15 is 0 Å². The van der Waals surface area contributed by atoms with Crippen LogP contribution < -0.4 is 5.30 Å². The van der Waals surface area contributed by atoms with Crippen LogP contribution in [0.2, 0.25) is 0 Å². The van der Waals surface area contributed by atoms with E-state index in [4.69, 9.17) is 10.2 Å². The van der Waals surface area contributed by atoms with E-state index in [2.05, 4.69) is 0 Å². The molecule has 3 rings (SSSR count). The predicted octanol–water partition coefficient (Wildman–Crippen LogP) is 4.89.